The number of carbonyl (C=O) groups excluding carboxylic acids is 2. The summed E-state index contributed by atoms with van der Waals surface area (Å²) < 4.78 is 4.70. The Morgan fingerprint density at radius 2 is 2.17 bits per heavy atom. The lowest BCUT2D eigenvalue weighted by molar-refractivity contribution is -0.137. The van der Waals surface area contributed by atoms with Crippen LogP contribution in [0.4, 0.5) is 0 Å². The highest BCUT2D eigenvalue weighted by Crippen LogP contribution is 2.71. The molecule has 4 heteroatoms. The van der Waals surface area contributed by atoms with Crippen LogP contribution in [0.2, 0.25) is 0 Å². The summed E-state index contributed by atoms with van der Waals surface area (Å²) in [5.74, 6) is -0.183. The molecule has 3 unspecified atom stereocenters. The molecular formula is C14H17NO3. The highest BCUT2D eigenvalue weighted by molar-refractivity contribution is 5.94. The zero-order chi connectivity index (χ0) is 13.6. The largest absolute Gasteiger partial charge is 0.466 e. The molecule has 0 saturated heterocycles. The Bertz CT molecular complexity index is 476. The van der Waals surface area contributed by atoms with Gasteiger partial charge in [0.1, 0.15) is 0 Å². The van der Waals surface area contributed by atoms with Crippen LogP contribution < -0.4 is 0 Å². The van der Waals surface area contributed by atoms with Gasteiger partial charge in [-0.05, 0) is 12.3 Å². The molecule has 2 saturated carbocycles. The van der Waals surface area contributed by atoms with E-state index < -0.39 is 11.5 Å². The SMILES string of the molecule is [C-]#[N+]C1(C(=O)CC)CC2CC2(C(=C)C(=O)OC)C1. The van der Waals surface area contributed by atoms with Gasteiger partial charge in [-0.25, -0.2) is 11.4 Å². The van der Waals surface area contributed by atoms with Gasteiger partial charge in [0, 0.05) is 30.3 Å². The molecule has 2 aliphatic carbocycles. The third-order valence-electron chi connectivity index (χ3n) is 4.51. The first-order valence-electron chi connectivity index (χ1n) is 6.15. The maximum absolute atomic E-state index is 12.0. The molecule has 2 fully saturated rings. The van der Waals surface area contributed by atoms with Crippen molar-refractivity contribution < 1.29 is 14.3 Å². The molecule has 0 aromatic rings. The molecule has 0 radical (unpaired) electrons. The van der Waals surface area contributed by atoms with Gasteiger partial charge in [-0.15, -0.1) is 0 Å². The maximum atomic E-state index is 12.0. The van der Waals surface area contributed by atoms with Crippen LogP contribution in [0.25, 0.3) is 4.85 Å². The average molecular weight is 247 g/mol. The minimum Gasteiger partial charge on any atom is -0.466 e. The number of ketones is 1. The van der Waals surface area contributed by atoms with Crippen molar-refractivity contribution in [2.24, 2.45) is 11.3 Å². The van der Waals surface area contributed by atoms with E-state index in [4.69, 9.17) is 11.3 Å². The lowest BCUT2D eigenvalue weighted by atomic mass is 9.83. The van der Waals surface area contributed by atoms with Gasteiger partial charge in [0.05, 0.1) is 7.11 Å². The maximum Gasteiger partial charge on any atom is 0.333 e. The average Bonchev–Trinajstić information content (AvgIpc) is 2.99. The van der Waals surface area contributed by atoms with Gasteiger partial charge in [0.2, 0.25) is 5.78 Å². The quantitative estimate of drug-likeness (QED) is 0.434. The van der Waals surface area contributed by atoms with Gasteiger partial charge in [-0.2, -0.15) is 0 Å². The molecule has 0 N–H and O–H groups in total. The van der Waals surface area contributed by atoms with Crippen molar-refractivity contribution in [2.75, 3.05) is 7.11 Å². The number of fused-ring (bicyclic) bond motifs is 1. The Morgan fingerprint density at radius 3 is 2.67 bits per heavy atom. The van der Waals surface area contributed by atoms with Crippen LogP contribution in [-0.2, 0) is 14.3 Å². The van der Waals surface area contributed by atoms with E-state index in [0.717, 1.165) is 6.42 Å². The summed E-state index contributed by atoms with van der Waals surface area (Å²) in [6.45, 7) is 12.9. The number of nitrogens with zero attached hydrogens (tertiary/aromatic N) is 1. The molecule has 0 heterocycles. The molecule has 0 bridgehead atoms. The lowest BCUT2D eigenvalue weighted by Crippen LogP contribution is -2.34. The molecule has 0 amide bonds. The first kappa shape index (κ1) is 12.8. The number of carbonyl (C=O) groups is 2. The lowest BCUT2D eigenvalue weighted by Gasteiger charge is -2.19. The van der Waals surface area contributed by atoms with E-state index in [-0.39, 0.29) is 17.1 Å². The summed E-state index contributed by atoms with van der Waals surface area (Å²) in [6, 6.07) is 0. The van der Waals surface area contributed by atoms with E-state index in [2.05, 4.69) is 11.4 Å². The minimum absolute atomic E-state index is 0.0123. The summed E-state index contributed by atoms with van der Waals surface area (Å²) in [4.78, 5) is 27.2. The molecule has 0 aromatic heterocycles. The Morgan fingerprint density at radius 1 is 1.50 bits per heavy atom. The van der Waals surface area contributed by atoms with Crippen LogP contribution in [0.3, 0.4) is 0 Å². The zero-order valence-electron chi connectivity index (χ0n) is 10.8. The van der Waals surface area contributed by atoms with Gasteiger partial charge in [-0.1, -0.05) is 13.5 Å². The molecule has 4 nitrogen and oxygen atoms in total. The highest BCUT2D eigenvalue weighted by atomic mass is 16.5. The minimum atomic E-state index is -0.922. The summed E-state index contributed by atoms with van der Waals surface area (Å²) in [5.41, 5.74) is -0.832. The van der Waals surface area contributed by atoms with Crippen molar-refractivity contribution in [3.8, 4) is 0 Å². The summed E-state index contributed by atoms with van der Waals surface area (Å²) in [7, 11) is 1.33. The van der Waals surface area contributed by atoms with Crippen molar-refractivity contribution in [1.29, 1.82) is 0 Å². The van der Waals surface area contributed by atoms with Crippen molar-refractivity contribution in [1.82, 2.24) is 0 Å². The van der Waals surface area contributed by atoms with Crippen LogP contribution in [0.5, 0.6) is 0 Å². The van der Waals surface area contributed by atoms with Gasteiger partial charge in [-0.3, -0.25) is 4.79 Å². The monoisotopic (exact) mass is 247 g/mol. The summed E-state index contributed by atoms with van der Waals surface area (Å²) in [5, 5.41) is 0. The Labute approximate surface area is 107 Å². The molecule has 2 rings (SSSR count). The number of Topliss-reactive ketones (excluding diaryl/α,β-unsaturated/α-hetero) is 1. The van der Waals surface area contributed by atoms with Gasteiger partial charge in [0.15, 0.2) is 0 Å². The first-order chi connectivity index (χ1) is 8.45. The van der Waals surface area contributed by atoms with Gasteiger partial charge >= 0.3 is 5.97 Å². The van der Waals surface area contributed by atoms with Crippen molar-refractivity contribution in [3.05, 3.63) is 23.6 Å². The van der Waals surface area contributed by atoms with Crippen LogP contribution in [0.15, 0.2) is 12.2 Å². The third-order valence-corrected chi connectivity index (χ3v) is 4.51. The second-order valence-corrected chi connectivity index (χ2v) is 5.33. The summed E-state index contributed by atoms with van der Waals surface area (Å²) in [6.07, 6.45) is 2.24. The number of esters is 1. The molecule has 0 aromatic carbocycles. The smallest absolute Gasteiger partial charge is 0.333 e. The Hall–Kier alpha value is -1.63. The zero-order valence-corrected chi connectivity index (χ0v) is 10.8. The normalized spacial score (nSPS) is 36.4. The van der Waals surface area contributed by atoms with Crippen molar-refractivity contribution in [2.45, 2.75) is 38.1 Å². The van der Waals surface area contributed by atoms with Crippen molar-refractivity contribution >= 4 is 11.8 Å². The number of methoxy groups -OCH3 is 1. The summed E-state index contributed by atoms with van der Waals surface area (Å²) >= 11 is 0. The fourth-order valence-electron chi connectivity index (χ4n) is 3.36. The van der Waals surface area contributed by atoms with Crippen LogP contribution in [0.1, 0.15) is 32.6 Å². The first-order valence-corrected chi connectivity index (χ1v) is 6.15. The number of ether oxygens (including phenoxy) is 1. The Balaban J connectivity index is 2.24. The molecule has 0 aliphatic heterocycles. The van der Waals surface area contributed by atoms with E-state index >= 15 is 0 Å². The van der Waals surface area contributed by atoms with E-state index in [1.54, 1.807) is 6.92 Å². The molecular weight excluding hydrogens is 230 g/mol. The topological polar surface area (TPSA) is 47.7 Å². The van der Waals surface area contributed by atoms with Crippen molar-refractivity contribution in [3.63, 3.8) is 0 Å². The van der Waals surface area contributed by atoms with E-state index in [1.165, 1.54) is 7.11 Å². The predicted octanol–water partition coefficient (Wildman–Crippen LogP) is 2.15. The van der Waals surface area contributed by atoms with E-state index in [1.807, 2.05) is 0 Å². The number of hydrogen-bond donors (Lipinski definition) is 0. The van der Waals surface area contributed by atoms with Crippen LogP contribution in [-0.4, -0.2) is 24.4 Å². The standard InChI is InChI=1S/C14H17NO3/c1-5-11(16)14(15-3)7-10-6-13(10,8-14)9(2)12(17)18-4/h10H,2,5-8H2,1,4H3. The second kappa shape index (κ2) is 3.94. The van der Waals surface area contributed by atoms with Gasteiger partial charge < -0.3 is 9.58 Å². The number of hydrogen-bond acceptors (Lipinski definition) is 3. The molecule has 18 heavy (non-hydrogen) atoms. The third kappa shape index (κ3) is 1.50. The van der Waals surface area contributed by atoms with Gasteiger partial charge in [0.25, 0.3) is 5.54 Å². The predicted molar refractivity (Wildman–Crippen MR) is 65.6 cm³/mol. The van der Waals surface area contributed by atoms with Crippen LogP contribution in [0, 0.1) is 17.9 Å². The Kier molecular flexibility index (Phi) is 2.81. The molecule has 0 spiro atoms. The number of rotatable bonds is 4. The van der Waals surface area contributed by atoms with E-state index in [0.29, 0.717) is 24.8 Å². The fourth-order valence-corrected chi connectivity index (χ4v) is 3.36. The second-order valence-electron chi connectivity index (χ2n) is 5.33. The molecule has 3 atom stereocenters. The van der Waals surface area contributed by atoms with E-state index in [9.17, 15) is 9.59 Å². The van der Waals surface area contributed by atoms with Crippen LogP contribution >= 0.6 is 0 Å². The fraction of sp³-hybridized carbons (Fsp3) is 0.643. The highest BCUT2D eigenvalue weighted by Gasteiger charge is 2.72. The molecule has 96 valence electrons. The molecule has 2 aliphatic rings.